The zero-order valence-corrected chi connectivity index (χ0v) is 8.62. The van der Waals surface area contributed by atoms with Crippen LogP contribution in [0.1, 0.15) is 5.56 Å². The van der Waals surface area contributed by atoms with Gasteiger partial charge in [0, 0.05) is 11.1 Å². The average Bonchev–Trinajstić information content (AvgIpc) is 2.19. The lowest BCUT2D eigenvalue weighted by atomic mass is 10.2. The molecule has 1 nitrogen and oxygen atoms in total. The highest BCUT2D eigenvalue weighted by Crippen LogP contribution is 2.17. The molecule has 0 amide bonds. The standard InChI is InChI=1S/C10H9NS2/c1-2-12-13-10-6-4-3-5-9(10)7-8-11-13/h3-8,11H,1H2. The molecular formula is C10H9NS2. The van der Waals surface area contributed by atoms with Crippen molar-refractivity contribution in [3.05, 3.63) is 42.6 Å². The summed E-state index contributed by atoms with van der Waals surface area (Å²) in [7, 11) is 1.59. The molecule has 0 aliphatic carbocycles. The highest BCUT2D eigenvalue weighted by Gasteiger charge is 2.05. The highest BCUT2D eigenvalue weighted by molar-refractivity contribution is 8.34. The summed E-state index contributed by atoms with van der Waals surface area (Å²) in [5.74, 6) is 0. The first-order chi connectivity index (χ1) is 6.42. The van der Waals surface area contributed by atoms with Gasteiger partial charge < -0.3 is 4.72 Å². The Morgan fingerprint density at radius 1 is 1.38 bits per heavy atom. The number of nitrogens with one attached hydrogen (secondary N) is 1. The van der Waals surface area contributed by atoms with Crippen molar-refractivity contribution in [3.8, 4) is 0 Å². The summed E-state index contributed by atoms with van der Waals surface area (Å²) >= 11 is 0. The van der Waals surface area contributed by atoms with E-state index in [1.807, 2.05) is 6.20 Å². The van der Waals surface area contributed by atoms with Gasteiger partial charge in [-0.15, -0.1) is 0 Å². The number of fused-ring (bicyclic) bond motifs is 1. The number of rotatable bonds is 0. The fourth-order valence-electron chi connectivity index (χ4n) is 1.16. The molecular weight excluding hydrogens is 198 g/mol. The second kappa shape index (κ2) is 3.79. The second-order valence-corrected chi connectivity index (χ2v) is 5.65. The largest absolute Gasteiger partial charge is 0.330 e. The Morgan fingerprint density at radius 3 is 3.08 bits per heavy atom. The Morgan fingerprint density at radius 2 is 2.23 bits per heavy atom. The van der Waals surface area contributed by atoms with Crippen molar-refractivity contribution in [2.24, 2.45) is 0 Å². The van der Waals surface area contributed by atoms with Crippen LogP contribution in [-0.4, -0.2) is 5.02 Å². The van der Waals surface area contributed by atoms with E-state index in [2.05, 4.69) is 46.7 Å². The molecule has 1 N–H and O–H groups in total. The molecule has 66 valence electrons. The van der Waals surface area contributed by atoms with E-state index < -0.39 is 0 Å². The van der Waals surface area contributed by atoms with E-state index in [1.165, 1.54) is 10.5 Å². The van der Waals surface area contributed by atoms with E-state index >= 15 is 0 Å². The van der Waals surface area contributed by atoms with Crippen LogP contribution in [0, 0.1) is 0 Å². The number of hydrogen-bond donors (Lipinski definition) is 1. The topological polar surface area (TPSA) is 12.0 Å². The predicted molar refractivity (Wildman–Crippen MR) is 62.2 cm³/mol. The molecule has 2 rings (SSSR count). The van der Waals surface area contributed by atoms with Gasteiger partial charge in [0.15, 0.2) is 0 Å². The third-order valence-electron chi connectivity index (χ3n) is 1.70. The first-order valence-electron chi connectivity index (χ1n) is 3.87. The fourth-order valence-corrected chi connectivity index (χ4v) is 3.68. The van der Waals surface area contributed by atoms with E-state index in [9.17, 15) is 0 Å². The molecule has 0 saturated heterocycles. The molecule has 0 saturated carbocycles. The Kier molecular flexibility index (Phi) is 2.50. The van der Waals surface area contributed by atoms with Gasteiger partial charge in [-0.05, 0) is 43.8 Å². The molecule has 3 heteroatoms. The maximum Gasteiger partial charge on any atom is 0.0386 e. The summed E-state index contributed by atoms with van der Waals surface area (Å²) in [6, 6.07) is 8.37. The lowest BCUT2D eigenvalue weighted by Crippen LogP contribution is -2.13. The fraction of sp³-hybridized carbons (Fsp3) is 0. The predicted octanol–water partition coefficient (Wildman–Crippen LogP) is 1.74. The van der Waals surface area contributed by atoms with Gasteiger partial charge in [0.2, 0.25) is 0 Å². The molecule has 0 bridgehead atoms. The molecule has 1 atom stereocenters. The molecule has 13 heavy (non-hydrogen) atoms. The van der Waals surface area contributed by atoms with Crippen molar-refractivity contribution in [2.75, 3.05) is 0 Å². The van der Waals surface area contributed by atoms with E-state index in [-0.39, 0.29) is 9.64 Å². The van der Waals surface area contributed by atoms with Crippen LogP contribution in [0.5, 0.6) is 0 Å². The molecule has 1 aliphatic heterocycles. The maximum atomic E-state index is 3.61. The molecule has 0 fully saturated rings. The van der Waals surface area contributed by atoms with Crippen LogP contribution in [0.4, 0.5) is 0 Å². The van der Waals surface area contributed by atoms with Gasteiger partial charge in [-0.3, -0.25) is 0 Å². The Hall–Kier alpha value is -1.02. The minimum atomic E-state index is -0.0134. The molecule has 1 unspecified atom stereocenters. The zero-order valence-electron chi connectivity index (χ0n) is 6.99. The zero-order chi connectivity index (χ0) is 9.10. The Bertz CT molecular complexity index is 450. The lowest BCUT2D eigenvalue weighted by molar-refractivity contribution is 1.31. The number of hydrogen-bond acceptors (Lipinski definition) is 0. The first kappa shape index (κ1) is 8.57. The molecule has 1 aromatic rings. The van der Waals surface area contributed by atoms with Gasteiger partial charge in [-0.1, -0.05) is 23.2 Å². The molecule has 0 radical (unpaired) electrons. The summed E-state index contributed by atoms with van der Waals surface area (Å²) in [5.41, 5.74) is 1.28. The van der Waals surface area contributed by atoms with Crippen LogP contribution in [0.2, 0.25) is 0 Å². The maximum absolute atomic E-state index is 3.61. The van der Waals surface area contributed by atoms with E-state index in [0.29, 0.717) is 0 Å². The van der Waals surface area contributed by atoms with Gasteiger partial charge in [0.25, 0.3) is 0 Å². The number of benzene rings is 1. The van der Waals surface area contributed by atoms with Crippen molar-refractivity contribution >= 4 is 30.6 Å². The van der Waals surface area contributed by atoms with Gasteiger partial charge in [0.1, 0.15) is 0 Å². The van der Waals surface area contributed by atoms with Crippen molar-refractivity contribution in [2.45, 2.75) is 4.90 Å². The first-order valence-corrected chi connectivity index (χ1v) is 6.43. The summed E-state index contributed by atoms with van der Waals surface area (Å²) in [6.07, 6.45) is 4.07. The highest BCUT2D eigenvalue weighted by atomic mass is 32.8. The van der Waals surface area contributed by atoms with Crippen LogP contribution in [0.15, 0.2) is 41.9 Å². The molecule has 1 aromatic carbocycles. The smallest absolute Gasteiger partial charge is 0.0386 e. The summed E-state index contributed by atoms with van der Waals surface area (Å²) in [4.78, 5) is 1.33. The van der Waals surface area contributed by atoms with Crippen molar-refractivity contribution in [1.82, 2.24) is 4.72 Å². The average molecular weight is 207 g/mol. The van der Waals surface area contributed by atoms with Crippen LogP contribution >= 0.6 is 0 Å². The molecule has 1 heterocycles. The summed E-state index contributed by atoms with van der Waals surface area (Å²) in [6.45, 7) is 3.61. The van der Waals surface area contributed by atoms with E-state index in [0.717, 1.165) is 0 Å². The monoisotopic (exact) mass is 207 g/mol. The van der Waals surface area contributed by atoms with E-state index in [4.69, 9.17) is 0 Å². The summed E-state index contributed by atoms with van der Waals surface area (Å²) in [5, 5.41) is 2.86. The normalized spacial score (nSPS) is 18.3. The van der Waals surface area contributed by atoms with Gasteiger partial charge >= 0.3 is 0 Å². The minimum Gasteiger partial charge on any atom is -0.330 e. The van der Waals surface area contributed by atoms with Gasteiger partial charge in [-0.2, -0.15) is 0 Å². The molecule has 0 spiro atoms. The van der Waals surface area contributed by atoms with Crippen LogP contribution in [0.3, 0.4) is 0 Å². The van der Waals surface area contributed by atoms with Crippen LogP contribution < -0.4 is 4.72 Å². The van der Waals surface area contributed by atoms with Gasteiger partial charge in [-0.25, -0.2) is 0 Å². The van der Waals surface area contributed by atoms with Crippen molar-refractivity contribution in [1.29, 1.82) is 0 Å². The SMILES string of the molecule is C=C=S=S1NC=Cc2ccccc21. The second-order valence-electron chi connectivity index (χ2n) is 2.49. The lowest BCUT2D eigenvalue weighted by Gasteiger charge is -2.13. The van der Waals surface area contributed by atoms with Gasteiger partial charge in [0.05, 0.1) is 0 Å². The van der Waals surface area contributed by atoms with Crippen LogP contribution in [-0.2, 0) is 19.6 Å². The van der Waals surface area contributed by atoms with Crippen molar-refractivity contribution in [3.63, 3.8) is 0 Å². The van der Waals surface area contributed by atoms with Crippen LogP contribution in [0.25, 0.3) is 6.08 Å². The quantitative estimate of drug-likeness (QED) is 0.639. The van der Waals surface area contributed by atoms with Crippen molar-refractivity contribution < 1.29 is 0 Å². The Balaban J connectivity index is 2.69. The Labute approximate surface area is 83.1 Å². The molecule has 0 aromatic heterocycles. The molecule has 1 aliphatic rings. The third-order valence-corrected chi connectivity index (χ3v) is 4.79. The van der Waals surface area contributed by atoms with E-state index in [1.54, 1.807) is 9.91 Å². The minimum absolute atomic E-state index is 0.0134. The third kappa shape index (κ3) is 1.68. The summed E-state index contributed by atoms with van der Waals surface area (Å²) < 4.78 is 3.28.